The standard InChI is InChI=1S/C22H26N4O3S/c1-4-10-23-30(28,29)20-7-5-6-18(16-20)22(27)24-21-9-8-19(15-17(21)2)26-13-11-25(3)12-14-26/h1,5-9,15-16,23H,10-14H2,2-3H3,(H,24,27). The summed E-state index contributed by atoms with van der Waals surface area (Å²) in [5.41, 5.74) is 3.02. The summed E-state index contributed by atoms with van der Waals surface area (Å²) in [5, 5.41) is 2.87. The second-order valence-electron chi connectivity index (χ2n) is 7.30. The highest BCUT2D eigenvalue weighted by molar-refractivity contribution is 7.89. The fourth-order valence-electron chi connectivity index (χ4n) is 3.27. The van der Waals surface area contributed by atoms with Gasteiger partial charge in [0.1, 0.15) is 0 Å². The van der Waals surface area contributed by atoms with Gasteiger partial charge in [0.2, 0.25) is 10.0 Å². The molecule has 30 heavy (non-hydrogen) atoms. The molecule has 1 heterocycles. The minimum Gasteiger partial charge on any atom is -0.369 e. The number of nitrogens with one attached hydrogen (secondary N) is 2. The second-order valence-corrected chi connectivity index (χ2v) is 9.07. The van der Waals surface area contributed by atoms with Crippen LogP contribution in [-0.2, 0) is 10.0 Å². The molecule has 2 aromatic carbocycles. The third kappa shape index (κ3) is 5.19. The van der Waals surface area contributed by atoms with Crippen LogP contribution < -0.4 is 14.9 Å². The fraction of sp³-hybridized carbons (Fsp3) is 0.318. The molecule has 0 atom stereocenters. The number of nitrogens with zero attached hydrogens (tertiary/aromatic N) is 2. The Morgan fingerprint density at radius 2 is 1.87 bits per heavy atom. The number of benzene rings is 2. The van der Waals surface area contributed by atoms with E-state index in [4.69, 9.17) is 6.42 Å². The van der Waals surface area contributed by atoms with Crippen LogP contribution in [0.1, 0.15) is 15.9 Å². The molecule has 2 aromatic rings. The van der Waals surface area contributed by atoms with Crippen molar-refractivity contribution < 1.29 is 13.2 Å². The number of amides is 1. The molecule has 1 fully saturated rings. The minimum atomic E-state index is -3.76. The van der Waals surface area contributed by atoms with E-state index in [9.17, 15) is 13.2 Å². The first-order chi connectivity index (χ1) is 14.3. The van der Waals surface area contributed by atoms with Crippen LogP contribution in [0.2, 0.25) is 0 Å². The smallest absolute Gasteiger partial charge is 0.255 e. The third-order valence-corrected chi connectivity index (χ3v) is 6.50. The molecule has 0 bridgehead atoms. The highest BCUT2D eigenvalue weighted by Crippen LogP contribution is 2.24. The molecular formula is C22H26N4O3S. The number of likely N-dealkylation sites (N-methyl/N-ethyl adjacent to an activating group) is 1. The van der Waals surface area contributed by atoms with Gasteiger partial charge in [0.05, 0.1) is 11.4 Å². The van der Waals surface area contributed by atoms with E-state index >= 15 is 0 Å². The average Bonchev–Trinajstić information content (AvgIpc) is 2.74. The fourth-order valence-corrected chi connectivity index (χ4v) is 4.25. The van der Waals surface area contributed by atoms with Crippen molar-refractivity contribution in [2.45, 2.75) is 11.8 Å². The summed E-state index contributed by atoms with van der Waals surface area (Å²) in [4.78, 5) is 17.3. The Bertz CT molecular complexity index is 1070. The maximum atomic E-state index is 12.7. The summed E-state index contributed by atoms with van der Waals surface area (Å²) in [6.07, 6.45) is 5.11. The van der Waals surface area contributed by atoms with Crippen LogP contribution in [-0.4, -0.2) is 59.0 Å². The molecule has 2 N–H and O–H groups in total. The second kappa shape index (κ2) is 9.30. The first-order valence-corrected chi connectivity index (χ1v) is 11.2. The number of hydrogen-bond donors (Lipinski definition) is 2. The SMILES string of the molecule is C#CCNS(=O)(=O)c1cccc(C(=O)Nc2ccc(N3CCN(C)CC3)cc2C)c1. The minimum absolute atomic E-state index is 0.00691. The summed E-state index contributed by atoms with van der Waals surface area (Å²) < 4.78 is 26.8. The van der Waals surface area contributed by atoms with Gasteiger partial charge in [-0.25, -0.2) is 8.42 Å². The van der Waals surface area contributed by atoms with Gasteiger partial charge in [-0.2, -0.15) is 4.72 Å². The largest absolute Gasteiger partial charge is 0.369 e. The van der Waals surface area contributed by atoms with E-state index < -0.39 is 10.0 Å². The lowest BCUT2D eigenvalue weighted by molar-refractivity contribution is 0.102. The van der Waals surface area contributed by atoms with Crippen molar-refractivity contribution in [3.8, 4) is 12.3 Å². The van der Waals surface area contributed by atoms with Gasteiger partial charge in [-0.3, -0.25) is 4.79 Å². The predicted octanol–water partition coefficient (Wildman–Crippen LogP) is 1.91. The number of carbonyl (C=O) groups excluding carboxylic acids is 1. The summed E-state index contributed by atoms with van der Waals surface area (Å²) in [5.74, 6) is 1.85. The van der Waals surface area contributed by atoms with Crippen molar-refractivity contribution in [2.75, 3.05) is 50.0 Å². The monoisotopic (exact) mass is 426 g/mol. The lowest BCUT2D eigenvalue weighted by Gasteiger charge is -2.34. The highest BCUT2D eigenvalue weighted by atomic mass is 32.2. The average molecular weight is 427 g/mol. The van der Waals surface area contributed by atoms with E-state index in [2.05, 4.69) is 38.9 Å². The third-order valence-electron chi connectivity index (χ3n) is 5.10. The quantitative estimate of drug-likeness (QED) is 0.690. The first-order valence-electron chi connectivity index (χ1n) is 9.69. The number of hydrogen-bond acceptors (Lipinski definition) is 5. The highest BCUT2D eigenvalue weighted by Gasteiger charge is 2.17. The van der Waals surface area contributed by atoms with Crippen molar-refractivity contribution in [3.63, 3.8) is 0 Å². The zero-order valence-electron chi connectivity index (χ0n) is 17.2. The maximum absolute atomic E-state index is 12.7. The molecule has 1 aliphatic heterocycles. The molecule has 0 radical (unpaired) electrons. The van der Waals surface area contributed by atoms with E-state index in [1.807, 2.05) is 19.1 Å². The lowest BCUT2D eigenvalue weighted by Crippen LogP contribution is -2.44. The van der Waals surface area contributed by atoms with Crippen molar-refractivity contribution >= 4 is 27.3 Å². The van der Waals surface area contributed by atoms with Gasteiger partial charge < -0.3 is 15.1 Å². The molecule has 0 spiro atoms. The van der Waals surface area contributed by atoms with E-state index in [1.54, 1.807) is 6.07 Å². The molecule has 7 nitrogen and oxygen atoms in total. The summed E-state index contributed by atoms with van der Waals surface area (Å²) >= 11 is 0. The number of terminal acetylenes is 1. The zero-order chi connectivity index (χ0) is 21.7. The summed E-state index contributed by atoms with van der Waals surface area (Å²) in [7, 11) is -1.65. The van der Waals surface area contributed by atoms with Crippen LogP contribution in [0.15, 0.2) is 47.4 Å². The van der Waals surface area contributed by atoms with Gasteiger partial charge >= 0.3 is 0 Å². The molecule has 0 aliphatic carbocycles. The topological polar surface area (TPSA) is 81.7 Å². The molecule has 1 amide bonds. The number of anilines is 2. The molecule has 0 unspecified atom stereocenters. The van der Waals surface area contributed by atoms with Crippen LogP contribution in [0, 0.1) is 19.3 Å². The summed E-state index contributed by atoms with van der Waals surface area (Å²) in [6, 6.07) is 11.8. The number of aryl methyl sites for hydroxylation is 1. The Balaban J connectivity index is 1.73. The van der Waals surface area contributed by atoms with Crippen LogP contribution in [0.3, 0.4) is 0 Å². The van der Waals surface area contributed by atoms with Gasteiger partial charge in [0, 0.05) is 43.1 Å². The zero-order valence-corrected chi connectivity index (χ0v) is 18.0. The van der Waals surface area contributed by atoms with E-state index in [0.717, 1.165) is 37.4 Å². The Morgan fingerprint density at radius 1 is 1.13 bits per heavy atom. The van der Waals surface area contributed by atoms with Gasteiger partial charge in [0.25, 0.3) is 5.91 Å². The van der Waals surface area contributed by atoms with Crippen LogP contribution >= 0.6 is 0 Å². The molecule has 158 valence electrons. The van der Waals surface area contributed by atoms with E-state index in [0.29, 0.717) is 5.69 Å². The first kappa shape index (κ1) is 21.8. The van der Waals surface area contributed by atoms with Crippen LogP contribution in [0.25, 0.3) is 0 Å². The van der Waals surface area contributed by atoms with Crippen molar-refractivity contribution in [1.82, 2.24) is 9.62 Å². The Morgan fingerprint density at radius 3 is 2.53 bits per heavy atom. The van der Waals surface area contributed by atoms with Crippen molar-refractivity contribution in [2.24, 2.45) is 0 Å². The van der Waals surface area contributed by atoms with Gasteiger partial charge in [0.15, 0.2) is 0 Å². The van der Waals surface area contributed by atoms with Crippen LogP contribution in [0.4, 0.5) is 11.4 Å². The van der Waals surface area contributed by atoms with E-state index in [1.165, 1.54) is 18.2 Å². The Hall–Kier alpha value is -2.86. The summed E-state index contributed by atoms with van der Waals surface area (Å²) in [6.45, 7) is 5.81. The normalized spacial score (nSPS) is 14.9. The molecule has 0 saturated carbocycles. The van der Waals surface area contributed by atoms with Gasteiger partial charge in [-0.15, -0.1) is 6.42 Å². The molecular weight excluding hydrogens is 400 g/mol. The Labute approximate surface area is 178 Å². The number of carbonyl (C=O) groups is 1. The van der Waals surface area contributed by atoms with Gasteiger partial charge in [-0.1, -0.05) is 12.0 Å². The lowest BCUT2D eigenvalue weighted by atomic mass is 10.1. The molecule has 3 rings (SSSR count). The Kier molecular flexibility index (Phi) is 6.77. The predicted molar refractivity (Wildman–Crippen MR) is 119 cm³/mol. The molecule has 1 aliphatic rings. The van der Waals surface area contributed by atoms with Crippen molar-refractivity contribution in [1.29, 1.82) is 0 Å². The molecule has 8 heteroatoms. The number of sulfonamides is 1. The maximum Gasteiger partial charge on any atom is 0.255 e. The number of rotatable bonds is 6. The molecule has 1 saturated heterocycles. The van der Waals surface area contributed by atoms with E-state index in [-0.39, 0.29) is 22.9 Å². The molecule has 0 aromatic heterocycles. The van der Waals surface area contributed by atoms with Crippen molar-refractivity contribution in [3.05, 3.63) is 53.6 Å². The van der Waals surface area contributed by atoms with Crippen LogP contribution in [0.5, 0.6) is 0 Å². The van der Waals surface area contributed by atoms with Gasteiger partial charge in [-0.05, 0) is 55.9 Å². The number of piperazine rings is 1.